The Bertz CT molecular complexity index is 554. The van der Waals surface area contributed by atoms with E-state index >= 15 is 0 Å². The molecule has 0 N–H and O–H groups in total. The summed E-state index contributed by atoms with van der Waals surface area (Å²) < 4.78 is 41.8. The van der Waals surface area contributed by atoms with E-state index in [4.69, 9.17) is 0 Å². The van der Waals surface area contributed by atoms with E-state index in [1.807, 2.05) is 0 Å². The topological polar surface area (TPSA) is 0 Å². The highest BCUT2D eigenvalue weighted by Crippen LogP contribution is 2.41. The maximum absolute atomic E-state index is 14.4. The largest absolute Gasteiger partial charge is 0.204 e. The molecule has 3 rings (SSSR count). The molecule has 114 valence electrons. The summed E-state index contributed by atoms with van der Waals surface area (Å²) in [5.41, 5.74) is 2.05. The van der Waals surface area contributed by atoms with Gasteiger partial charge in [0, 0.05) is 5.56 Å². The lowest BCUT2D eigenvalue weighted by Gasteiger charge is -2.27. The summed E-state index contributed by atoms with van der Waals surface area (Å²) in [6.07, 6.45) is 11.0. The zero-order valence-corrected chi connectivity index (χ0v) is 12.2. The second kappa shape index (κ2) is 6.25. The van der Waals surface area contributed by atoms with Gasteiger partial charge >= 0.3 is 0 Å². The van der Waals surface area contributed by atoms with E-state index in [1.54, 1.807) is 0 Å². The Kier molecular flexibility index (Phi) is 4.37. The monoisotopic (exact) mass is 294 g/mol. The quantitative estimate of drug-likeness (QED) is 0.577. The lowest BCUT2D eigenvalue weighted by Crippen LogP contribution is -2.13. The fraction of sp³-hybridized carbons (Fsp3) is 0.556. The number of allylic oxidation sites excluding steroid dienone is 2. The molecule has 0 bridgehead atoms. The van der Waals surface area contributed by atoms with Crippen molar-refractivity contribution in [1.82, 2.24) is 0 Å². The fourth-order valence-corrected chi connectivity index (χ4v) is 3.75. The van der Waals surface area contributed by atoms with Crippen LogP contribution in [0.3, 0.4) is 0 Å². The van der Waals surface area contributed by atoms with Crippen molar-refractivity contribution in [2.75, 3.05) is 0 Å². The SMILES string of the molecule is Fc1cc(C2=CCCCC2)c(C2CCCCC2)c(F)c1F. The van der Waals surface area contributed by atoms with Crippen LogP contribution in [0.5, 0.6) is 0 Å². The Morgan fingerprint density at radius 2 is 1.62 bits per heavy atom. The fourth-order valence-electron chi connectivity index (χ4n) is 3.75. The Morgan fingerprint density at radius 3 is 2.29 bits per heavy atom. The maximum atomic E-state index is 14.4. The number of hydrogen-bond acceptors (Lipinski definition) is 0. The predicted molar refractivity (Wildman–Crippen MR) is 78.6 cm³/mol. The van der Waals surface area contributed by atoms with Gasteiger partial charge in [0.2, 0.25) is 0 Å². The molecule has 0 nitrogen and oxygen atoms in total. The van der Waals surface area contributed by atoms with Gasteiger partial charge in [0.1, 0.15) is 0 Å². The molecular weight excluding hydrogens is 273 g/mol. The summed E-state index contributed by atoms with van der Waals surface area (Å²) in [7, 11) is 0. The van der Waals surface area contributed by atoms with Crippen LogP contribution in [0, 0.1) is 17.5 Å². The molecule has 0 aromatic heterocycles. The minimum atomic E-state index is -1.31. The van der Waals surface area contributed by atoms with Gasteiger partial charge in [0.25, 0.3) is 0 Å². The molecule has 0 saturated heterocycles. The van der Waals surface area contributed by atoms with Gasteiger partial charge in [-0.25, -0.2) is 13.2 Å². The van der Waals surface area contributed by atoms with E-state index in [1.165, 1.54) is 6.07 Å². The zero-order valence-electron chi connectivity index (χ0n) is 12.2. The van der Waals surface area contributed by atoms with Gasteiger partial charge in [-0.3, -0.25) is 0 Å². The van der Waals surface area contributed by atoms with E-state index in [2.05, 4.69) is 6.08 Å². The second-order valence-electron chi connectivity index (χ2n) is 6.26. The van der Waals surface area contributed by atoms with Crippen molar-refractivity contribution in [3.63, 3.8) is 0 Å². The molecule has 0 amide bonds. The van der Waals surface area contributed by atoms with Crippen molar-refractivity contribution in [2.24, 2.45) is 0 Å². The van der Waals surface area contributed by atoms with Crippen LogP contribution < -0.4 is 0 Å². The lowest BCUT2D eigenvalue weighted by molar-refractivity contribution is 0.401. The Balaban J connectivity index is 2.10. The molecule has 2 aliphatic rings. The van der Waals surface area contributed by atoms with Crippen LogP contribution in [0.4, 0.5) is 13.2 Å². The molecular formula is C18H21F3. The smallest absolute Gasteiger partial charge is 0.194 e. The standard InChI is InChI=1S/C18H21F3/c19-15-11-14(12-7-3-1-4-8-12)16(18(21)17(15)20)13-9-5-2-6-10-13/h7,11,13H,1-6,8-10H2. The average Bonchev–Trinajstić information content (AvgIpc) is 2.54. The first-order chi connectivity index (χ1) is 10.2. The van der Waals surface area contributed by atoms with Gasteiger partial charge in [-0.05, 0) is 61.6 Å². The minimum Gasteiger partial charge on any atom is -0.204 e. The highest BCUT2D eigenvalue weighted by atomic mass is 19.2. The first-order valence-corrected chi connectivity index (χ1v) is 8.05. The van der Waals surface area contributed by atoms with Crippen molar-refractivity contribution in [1.29, 1.82) is 0 Å². The number of hydrogen-bond donors (Lipinski definition) is 0. The maximum Gasteiger partial charge on any atom is 0.194 e. The Hall–Kier alpha value is -1.25. The van der Waals surface area contributed by atoms with Gasteiger partial charge in [-0.15, -0.1) is 0 Å². The van der Waals surface area contributed by atoms with Crippen molar-refractivity contribution in [3.05, 3.63) is 40.7 Å². The van der Waals surface area contributed by atoms with Gasteiger partial charge in [0.05, 0.1) is 0 Å². The first-order valence-electron chi connectivity index (χ1n) is 8.05. The van der Waals surface area contributed by atoms with Crippen LogP contribution in [0.1, 0.15) is 74.8 Å². The van der Waals surface area contributed by atoms with Gasteiger partial charge in [-0.2, -0.15) is 0 Å². The molecule has 0 atom stereocenters. The van der Waals surface area contributed by atoms with E-state index in [0.717, 1.165) is 63.4 Å². The van der Waals surface area contributed by atoms with Gasteiger partial charge in [-0.1, -0.05) is 25.3 Å². The summed E-state index contributed by atoms with van der Waals surface area (Å²) in [5.74, 6) is -3.29. The van der Waals surface area contributed by atoms with E-state index in [0.29, 0.717) is 11.1 Å². The summed E-state index contributed by atoms with van der Waals surface area (Å²) in [6.45, 7) is 0. The Morgan fingerprint density at radius 1 is 0.857 bits per heavy atom. The third kappa shape index (κ3) is 2.88. The number of rotatable bonds is 2. The molecule has 1 fully saturated rings. The first kappa shape index (κ1) is 14.7. The molecule has 2 aliphatic carbocycles. The second-order valence-corrected chi connectivity index (χ2v) is 6.26. The van der Waals surface area contributed by atoms with Crippen LogP contribution in [-0.2, 0) is 0 Å². The highest BCUT2D eigenvalue weighted by Gasteiger charge is 2.27. The van der Waals surface area contributed by atoms with Crippen LogP contribution in [-0.4, -0.2) is 0 Å². The third-order valence-electron chi connectivity index (χ3n) is 4.85. The average molecular weight is 294 g/mol. The molecule has 21 heavy (non-hydrogen) atoms. The molecule has 0 unspecified atom stereocenters. The van der Waals surface area contributed by atoms with Crippen molar-refractivity contribution in [3.8, 4) is 0 Å². The number of halogens is 3. The molecule has 3 heteroatoms. The normalized spacial score (nSPS) is 20.4. The van der Waals surface area contributed by atoms with E-state index in [9.17, 15) is 13.2 Å². The minimum absolute atomic E-state index is 0.0340. The van der Waals surface area contributed by atoms with Crippen LogP contribution in [0.15, 0.2) is 12.1 Å². The van der Waals surface area contributed by atoms with E-state index < -0.39 is 17.5 Å². The van der Waals surface area contributed by atoms with Crippen LogP contribution in [0.2, 0.25) is 0 Å². The molecule has 1 aromatic rings. The van der Waals surface area contributed by atoms with Crippen LogP contribution >= 0.6 is 0 Å². The zero-order chi connectivity index (χ0) is 14.8. The molecule has 1 saturated carbocycles. The Labute approximate surface area is 124 Å². The van der Waals surface area contributed by atoms with Crippen molar-refractivity contribution >= 4 is 5.57 Å². The summed E-state index contributed by atoms with van der Waals surface area (Å²) in [4.78, 5) is 0. The van der Waals surface area contributed by atoms with Crippen LogP contribution in [0.25, 0.3) is 5.57 Å². The summed E-state index contributed by atoms with van der Waals surface area (Å²) in [5, 5.41) is 0. The number of benzene rings is 1. The molecule has 0 heterocycles. The lowest BCUT2D eigenvalue weighted by atomic mass is 9.79. The summed E-state index contributed by atoms with van der Waals surface area (Å²) >= 11 is 0. The third-order valence-corrected chi connectivity index (χ3v) is 4.85. The predicted octanol–water partition coefficient (Wildman–Crippen LogP) is 6.11. The van der Waals surface area contributed by atoms with Gasteiger partial charge < -0.3 is 0 Å². The molecule has 0 aliphatic heterocycles. The van der Waals surface area contributed by atoms with Crippen molar-refractivity contribution in [2.45, 2.75) is 63.7 Å². The molecule has 1 aromatic carbocycles. The molecule has 0 spiro atoms. The highest BCUT2D eigenvalue weighted by molar-refractivity contribution is 5.70. The van der Waals surface area contributed by atoms with Gasteiger partial charge in [0.15, 0.2) is 17.5 Å². The molecule has 0 radical (unpaired) electrons. The van der Waals surface area contributed by atoms with E-state index in [-0.39, 0.29) is 5.92 Å². The van der Waals surface area contributed by atoms with Crippen molar-refractivity contribution < 1.29 is 13.2 Å². The summed E-state index contributed by atoms with van der Waals surface area (Å²) in [6, 6.07) is 1.22.